The maximum Gasteiger partial charge on any atom is 0.331 e. The smallest absolute Gasteiger partial charge is 0.331 e. The van der Waals surface area contributed by atoms with Gasteiger partial charge in [-0.2, -0.15) is 0 Å². The highest BCUT2D eigenvalue weighted by Crippen LogP contribution is 1.98. The van der Waals surface area contributed by atoms with Gasteiger partial charge in [-0.15, -0.1) is 0 Å². The lowest BCUT2D eigenvalue weighted by molar-refractivity contribution is -0.132. The number of carboxylic acids is 1. The van der Waals surface area contributed by atoms with Crippen molar-refractivity contribution in [2.75, 3.05) is 20.6 Å². The van der Waals surface area contributed by atoms with Gasteiger partial charge in [0.05, 0.1) is 0 Å². The minimum absolute atomic E-state index is 0.448. The predicted octanol–water partition coefficient (Wildman–Crippen LogP) is 0.474. The minimum atomic E-state index is -0.835. The van der Waals surface area contributed by atoms with Crippen LogP contribution in [0, 0.1) is 0 Å². The van der Waals surface area contributed by atoms with Crippen LogP contribution in [0.25, 0.3) is 0 Å². The largest absolute Gasteiger partial charge is 0.478 e. The molecule has 0 radical (unpaired) electrons. The summed E-state index contributed by atoms with van der Waals surface area (Å²) in [4.78, 5) is 10.5. The molecule has 0 saturated heterocycles. The third-order valence-corrected chi connectivity index (χ3v) is 1.41. The molecule has 0 bridgehead atoms. The molecule has 0 aliphatic heterocycles. The maximum atomic E-state index is 10.5. The zero-order valence-electron chi connectivity index (χ0n) is 7.79. The first kappa shape index (κ1) is 11.1. The SMILES string of the molecule is CCC(=CCNN(C)C)C(=O)O. The first-order chi connectivity index (χ1) is 5.57. The third-order valence-electron chi connectivity index (χ3n) is 1.41. The molecule has 4 heteroatoms. The van der Waals surface area contributed by atoms with Crippen LogP contribution >= 0.6 is 0 Å². The summed E-state index contributed by atoms with van der Waals surface area (Å²) in [5, 5.41) is 10.4. The third kappa shape index (κ3) is 4.87. The Bertz CT molecular complexity index is 176. The van der Waals surface area contributed by atoms with Crippen LogP contribution in [-0.4, -0.2) is 36.7 Å². The van der Waals surface area contributed by atoms with Crippen LogP contribution < -0.4 is 5.43 Å². The number of nitrogens with zero attached hydrogens (tertiary/aromatic N) is 1. The summed E-state index contributed by atoms with van der Waals surface area (Å²) < 4.78 is 0. The fourth-order valence-electron chi connectivity index (χ4n) is 0.734. The van der Waals surface area contributed by atoms with Crippen molar-refractivity contribution in [2.45, 2.75) is 13.3 Å². The Morgan fingerprint density at radius 3 is 2.50 bits per heavy atom. The number of aliphatic carboxylic acids is 1. The molecule has 70 valence electrons. The molecule has 0 spiro atoms. The van der Waals surface area contributed by atoms with Crippen molar-refractivity contribution in [3.05, 3.63) is 11.6 Å². The van der Waals surface area contributed by atoms with Crippen molar-refractivity contribution in [3.63, 3.8) is 0 Å². The van der Waals surface area contributed by atoms with E-state index in [-0.39, 0.29) is 0 Å². The second kappa shape index (κ2) is 5.74. The summed E-state index contributed by atoms with van der Waals surface area (Å²) in [5.41, 5.74) is 3.41. The molecule has 0 heterocycles. The van der Waals surface area contributed by atoms with E-state index < -0.39 is 5.97 Å². The summed E-state index contributed by atoms with van der Waals surface area (Å²) in [7, 11) is 3.72. The summed E-state index contributed by atoms with van der Waals surface area (Å²) in [6.45, 7) is 2.39. The lowest BCUT2D eigenvalue weighted by Gasteiger charge is -2.09. The Hall–Kier alpha value is -0.870. The van der Waals surface area contributed by atoms with E-state index in [1.54, 1.807) is 11.1 Å². The van der Waals surface area contributed by atoms with Crippen LogP contribution in [0.2, 0.25) is 0 Å². The second-order valence-corrected chi connectivity index (χ2v) is 2.64. The van der Waals surface area contributed by atoms with E-state index in [2.05, 4.69) is 5.43 Å². The van der Waals surface area contributed by atoms with E-state index in [1.807, 2.05) is 21.0 Å². The van der Waals surface area contributed by atoms with Crippen LogP contribution in [0.5, 0.6) is 0 Å². The fraction of sp³-hybridized carbons (Fsp3) is 0.625. The Morgan fingerprint density at radius 2 is 2.17 bits per heavy atom. The molecule has 0 saturated carbocycles. The van der Waals surface area contributed by atoms with Gasteiger partial charge in [-0.25, -0.2) is 4.79 Å². The standard InChI is InChI=1S/C8H16N2O2/c1-4-7(8(11)12)5-6-9-10(2)3/h5,9H,4,6H2,1-3H3,(H,11,12). The molecule has 0 aromatic rings. The quantitative estimate of drug-likeness (QED) is 0.467. The lowest BCUT2D eigenvalue weighted by atomic mass is 10.2. The van der Waals surface area contributed by atoms with Crippen molar-refractivity contribution in [2.24, 2.45) is 0 Å². The summed E-state index contributed by atoms with van der Waals surface area (Å²) in [6.07, 6.45) is 2.24. The maximum absolute atomic E-state index is 10.5. The second-order valence-electron chi connectivity index (χ2n) is 2.64. The molecule has 0 aliphatic carbocycles. The zero-order valence-corrected chi connectivity index (χ0v) is 7.79. The van der Waals surface area contributed by atoms with E-state index >= 15 is 0 Å². The first-order valence-corrected chi connectivity index (χ1v) is 3.91. The zero-order chi connectivity index (χ0) is 9.56. The van der Waals surface area contributed by atoms with Crippen molar-refractivity contribution in [3.8, 4) is 0 Å². The highest BCUT2D eigenvalue weighted by molar-refractivity contribution is 5.86. The molecule has 0 aliphatic rings. The number of carboxylic acid groups (broad SMARTS) is 1. The summed E-state index contributed by atoms with van der Waals surface area (Å²) >= 11 is 0. The van der Waals surface area contributed by atoms with Gasteiger partial charge in [0.25, 0.3) is 0 Å². The number of carbonyl (C=O) groups is 1. The molecule has 0 amide bonds. The Morgan fingerprint density at radius 1 is 1.58 bits per heavy atom. The van der Waals surface area contributed by atoms with E-state index in [0.717, 1.165) is 0 Å². The molecule has 0 fully saturated rings. The predicted molar refractivity (Wildman–Crippen MR) is 47.7 cm³/mol. The number of hydrazine groups is 1. The molecular formula is C8H16N2O2. The molecule has 12 heavy (non-hydrogen) atoms. The number of nitrogens with one attached hydrogen (secondary N) is 1. The molecule has 2 N–H and O–H groups in total. The number of hydrogen-bond donors (Lipinski definition) is 2. The van der Waals surface area contributed by atoms with Gasteiger partial charge >= 0.3 is 5.97 Å². The van der Waals surface area contributed by atoms with Crippen LogP contribution in [0.3, 0.4) is 0 Å². The minimum Gasteiger partial charge on any atom is -0.478 e. The van der Waals surface area contributed by atoms with Crippen molar-refractivity contribution >= 4 is 5.97 Å². The van der Waals surface area contributed by atoms with Gasteiger partial charge in [0.2, 0.25) is 0 Å². The molecule has 0 aromatic heterocycles. The lowest BCUT2D eigenvalue weighted by Crippen LogP contribution is -2.30. The molecule has 0 unspecified atom stereocenters. The van der Waals surface area contributed by atoms with Gasteiger partial charge in [0, 0.05) is 26.2 Å². The highest BCUT2D eigenvalue weighted by Gasteiger charge is 2.02. The van der Waals surface area contributed by atoms with E-state index in [4.69, 9.17) is 5.11 Å². The highest BCUT2D eigenvalue weighted by atomic mass is 16.4. The topological polar surface area (TPSA) is 52.6 Å². The van der Waals surface area contributed by atoms with Gasteiger partial charge < -0.3 is 5.11 Å². The van der Waals surface area contributed by atoms with Gasteiger partial charge in [-0.05, 0) is 6.42 Å². The normalized spacial score (nSPS) is 12.2. The molecule has 0 atom stereocenters. The van der Waals surface area contributed by atoms with Gasteiger partial charge in [-0.1, -0.05) is 13.0 Å². The number of rotatable bonds is 5. The first-order valence-electron chi connectivity index (χ1n) is 3.91. The van der Waals surface area contributed by atoms with Crippen LogP contribution in [0.4, 0.5) is 0 Å². The fourth-order valence-corrected chi connectivity index (χ4v) is 0.734. The Kier molecular flexibility index (Phi) is 5.32. The van der Waals surface area contributed by atoms with Crippen LogP contribution in [0.1, 0.15) is 13.3 Å². The van der Waals surface area contributed by atoms with Gasteiger partial charge in [0.1, 0.15) is 0 Å². The van der Waals surface area contributed by atoms with E-state index in [0.29, 0.717) is 18.5 Å². The van der Waals surface area contributed by atoms with Crippen molar-refractivity contribution < 1.29 is 9.90 Å². The molecule has 0 rings (SSSR count). The van der Waals surface area contributed by atoms with Crippen LogP contribution in [-0.2, 0) is 4.79 Å². The average molecular weight is 172 g/mol. The van der Waals surface area contributed by atoms with Gasteiger partial charge in [0.15, 0.2) is 0 Å². The van der Waals surface area contributed by atoms with Crippen molar-refractivity contribution in [1.29, 1.82) is 0 Å². The summed E-state index contributed by atoms with van der Waals surface area (Å²) in [5.74, 6) is -0.835. The monoisotopic (exact) mass is 172 g/mol. The number of hydrogen-bond acceptors (Lipinski definition) is 3. The van der Waals surface area contributed by atoms with Gasteiger partial charge in [-0.3, -0.25) is 10.4 Å². The Labute approximate surface area is 72.8 Å². The van der Waals surface area contributed by atoms with E-state index in [1.165, 1.54) is 0 Å². The van der Waals surface area contributed by atoms with E-state index in [9.17, 15) is 4.79 Å². The molecular weight excluding hydrogens is 156 g/mol. The van der Waals surface area contributed by atoms with Crippen molar-refractivity contribution in [1.82, 2.24) is 10.4 Å². The average Bonchev–Trinajstić information content (AvgIpc) is 1.96. The van der Waals surface area contributed by atoms with Crippen LogP contribution in [0.15, 0.2) is 11.6 Å². The molecule has 4 nitrogen and oxygen atoms in total. The summed E-state index contributed by atoms with van der Waals surface area (Å²) in [6, 6.07) is 0. The molecule has 0 aromatic carbocycles. The Balaban J connectivity index is 3.87.